The van der Waals surface area contributed by atoms with E-state index >= 15 is 0 Å². The summed E-state index contributed by atoms with van der Waals surface area (Å²) in [5, 5.41) is 0. The van der Waals surface area contributed by atoms with E-state index < -0.39 is 0 Å². The molecule has 1 atom stereocenters. The second-order valence-electron chi connectivity index (χ2n) is 4.84. The first-order valence-corrected chi connectivity index (χ1v) is 6.41. The topological polar surface area (TPSA) is 29.5 Å². The van der Waals surface area contributed by atoms with Gasteiger partial charge in [-0.2, -0.15) is 0 Å². The fourth-order valence-corrected chi connectivity index (χ4v) is 2.11. The molecule has 0 unspecified atom stereocenters. The second-order valence-corrected chi connectivity index (χ2v) is 4.84. The van der Waals surface area contributed by atoms with Crippen LogP contribution in [-0.4, -0.2) is 38.4 Å². The Kier molecular flexibility index (Phi) is 5.86. The molecule has 0 amide bonds. The summed E-state index contributed by atoms with van der Waals surface area (Å²) in [5.74, 6) is 1.02. The highest BCUT2D eigenvalue weighted by Crippen LogP contribution is 2.19. The Bertz CT molecular complexity index is 388. The average molecular weight is 249 g/mol. The van der Waals surface area contributed by atoms with Crippen molar-refractivity contribution in [1.82, 2.24) is 4.90 Å². The summed E-state index contributed by atoms with van der Waals surface area (Å²) in [6.45, 7) is 2.91. The highest BCUT2D eigenvalue weighted by Gasteiger charge is 2.20. The van der Waals surface area contributed by atoms with Crippen LogP contribution >= 0.6 is 0 Å². The number of benzene rings is 1. The lowest BCUT2D eigenvalue weighted by Crippen LogP contribution is -2.28. The summed E-state index contributed by atoms with van der Waals surface area (Å²) in [6, 6.07) is 7.41. The number of ether oxygens (including phenoxy) is 1. The van der Waals surface area contributed by atoms with Crippen LogP contribution in [0.25, 0.3) is 0 Å². The second kappa shape index (κ2) is 7.17. The molecule has 0 saturated carbocycles. The van der Waals surface area contributed by atoms with Crippen LogP contribution in [0.3, 0.4) is 0 Å². The van der Waals surface area contributed by atoms with E-state index in [2.05, 4.69) is 11.8 Å². The van der Waals surface area contributed by atoms with E-state index in [-0.39, 0.29) is 11.7 Å². The van der Waals surface area contributed by atoms with Crippen LogP contribution in [-0.2, 0) is 0 Å². The van der Waals surface area contributed by atoms with E-state index in [0.29, 0.717) is 0 Å². The van der Waals surface area contributed by atoms with Gasteiger partial charge in [-0.3, -0.25) is 4.79 Å². The summed E-state index contributed by atoms with van der Waals surface area (Å²) in [7, 11) is 5.62. The third-order valence-corrected chi connectivity index (χ3v) is 2.95. The van der Waals surface area contributed by atoms with E-state index in [9.17, 15) is 4.79 Å². The van der Waals surface area contributed by atoms with Gasteiger partial charge in [0.05, 0.1) is 7.11 Å². The summed E-state index contributed by atoms with van der Waals surface area (Å²) in [4.78, 5) is 14.5. The van der Waals surface area contributed by atoms with Crippen LogP contribution in [0.2, 0.25) is 0 Å². The molecule has 1 rings (SSSR count). The summed E-state index contributed by atoms with van der Waals surface area (Å²) in [6.07, 6.45) is 1.95. The third kappa shape index (κ3) is 4.15. The molecular weight excluding hydrogens is 226 g/mol. The first-order chi connectivity index (χ1) is 8.58. The normalized spacial score (nSPS) is 12.5. The minimum Gasteiger partial charge on any atom is -0.497 e. The van der Waals surface area contributed by atoms with Crippen molar-refractivity contribution >= 4 is 5.78 Å². The highest BCUT2D eigenvalue weighted by atomic mass is 16.5. The predicted octanol–water partition coefficient (Wildman–Crippen LogP) is 2.86. The lowest BCUT2D eigenvalue weighted by Gasteiger charge is -2.19. The average Bonchev–Trinajstić information content (AvgIpc) is 2.37. The minimum absolute atomic E-state index is 0.0668. The Morgan fingerprint density at radius 3 is 2.67 bits per heavy atom. The number of hydrogen-bond acceptors (Lipinski definition) is 3. The smallest absolute Gasteiger partial charge is 0.167 e. The Morgan fingerprint density at radius 1 is 1.39 bits per heavy atom. The lowest BCUT2D eigenvalue weighted by molar-refractivity contribution is 0.0888. The molecular formula is C15H23NO2. The van der Waals surface area contributed by atoms with Crippen molar-refractivity contribution in [1.29, 1.82) is 0 Å². The van der Waals surface area contributed by atoms with Gasteiger partial charge in [0, 0.05) is 18.0 Å². The molecule has 1 aromatic rings. The molecule has 0 aromatic heterocycles. The van der Waals surface area contributed by atoms with Crippen molar-refractivity contribution in [3.8, 4) is 5.75 Å². The third-order valence-electron chi connectivity index (χ3n) is 2.95. The molecule has 0 saturated heterocycles. The van der Waals surface area contributed by atoms with Gasteiger partial charge in [-0.1, -0.05) is 25.5 Å². The molecule has 3 nitrogen and oxygen atoms in total. The molecule has 18 heavy (non-hydrogen) atoms. The minimum atomic E-state index is 0.0668. The number of carbonyl (C=O) groups is 1. The van der Waals surface area contributed by atoms with Crippen molar-refractivity contribution in [3.05, 3.63) is 29.8 Å². The molecule has 0 heterocycles. The van der Waals surface area contributed by atoms with Crippen LogP contribution in [0, 0.1) is 5.92 Å². The van der Waals surface area contributed by atoms with Crippen LogP contribution < -0.4 is 4.74 Å². The van der Waals surface area contributed by atoms with E-state index in [1.807, 2.05) is 38.4 Å². The zero-order chi connectivity index (χ0) is 13.5. The van der Waals surface area contributed by atoms with Gasteiger partial charge >= 0.3 is 0 Å². The maximum absolute atomic E-state index is 12.5. The molecule has 3 heteroatoms. The number of ketones is 1. The van der Waals surface area contributed by atoms with Crippen LogP contribution in [0.4, 0.5) is 0 Å². The number of methoxy groups -OCH3 is 1. The molecule has 100 valence electrons. The largest absolute Gasteiger partial charge is 0.497 e. The first-order valence-electron chi connectivity index (χ1n) is 6.41. The van der Waals surface area contributed by atoms with E-state index in [1.165, 1.54) is 0 Å². The monoisotopic (exact) mass is 249 g/mol. The highest BCUT2D eigenvalue weighted by molar-refractivity contribution is 5.98. The number of hydrogen-bond donors (Lipinski definition) is 0. The molecule has 0 aliphatic carbocycles. The van der Waals surface area contributed by atoms with Crippen LogP contribution in [0.5, 0.6) is 5.75 Å². The van der Waals surface area contributed by atoms with E-state index in [4.69, 9.17) is 4.74 Å². The van der Waals surface area contributed by atoms with Crippen molar-refractivity contribution in [3.63, 3.8) is 0 Å². The zero-order valence-electron chi connectivity index (χ0n) is 11.8. The number of nitrogens with zero attached hydrogens (tertiary/aromatic N) is 1. The van der Waals surface area contributed by atoms with Gasteiger partial charge in [0.15, 0.2) is 5.78 Å². The molecule has 0 bridgehead atoms. The Balaban J connectivity index is 2.86. The molecule has 0 aliphatic heterocycles. The van der Waals surface area contributed by atoms with Gasteiger partial charge in [0.25, 0.3) is 0 Å². The Hall–Kier alpha value is -1.35. The molecule has 0 spiro atoms. The number of rotatable bonds is 7. The van der Waals surface area contributed by atoms with Gasteiger partial charge in [-0.25, -0.2) is 0 Å². The number of Topliss-reactive ketones (excluding diaryl/α,β-unsaturated/α-hetero) is 1. The molecule has 0 aliphatic rings. The summed E-state index contributed by atoms with van der Waals surface area (Å²) < 4.78 is 5.16. The van der Waals surface area contributed by atoms with Crippen molar-refractivity contribution < 1.29 is 9.53 Å². The number of carbonyl (C=O) groups excluding carboxylic acids is 1. The Morgan fingerprint density at radius 2 is 2.11 bits per heavy atom. The maximum Gasteiger partial charge on any atom is 0.167 e. The van der Waals surface area contributed by atoms with Gasteiger partial charge in [-0.15, -0.1) is 0 Å². The van der Waals surface area contributed by atoms with Gasteiger partial charge < -0.3 is 9.64 Å². The lowest BCUT2D eigenvalue weighted by atomic mass is 9.93. The van der Waals surface area contributed by atoms with Gasteiger partial charge in [-0.05, 0) is 32.6 Å². The summed E-state index contributed by atoms with van der Waals surface area (Å²) >= 11 is 0. The molecule has 0 N–H and O–H groups in total. The van der Waals surface area contributed by atoms with E-state index in [0.717, 1.165) is 30.7 Å². The summed E-state index contributed by atoms with van der Waals surface area (Å²) in [5.41, 5.74) is 0.745. The fraction of sp³-hybridized carbons (Fsp3) is 0.533. The van der Waals surface area contributed by atoms with Crippen LogP contribution in [0.15, 0.2) is 24.3 Å². The fourth-order valence-electron chi connectivity index (χ4n) is 2.11. The maximum atomic E-state index is 12.5. The molecule has 0 fully saturated rings. The predicted molar refractivity (Wildman–Crippen MR) is 74.3 cm³/mol. The zero-order valence-corrected chi connectivity index (χ0v) is 11.8. The van der Waals surface area contributed by atoms with Gasteiger partial charge in [0.1, 0.15) is 5.75 Å². The quantitative estimate of drug-likeness (QED) is 0.696. The molecule has 1 aromatic carbocycles. The Labute approximate surface area is 110 Å². The van der Waals surface area contributed by atoms with Crippen molar-refractivity contribution in [2.75, 3.05) is 27.7 Å². The van der Waals surface area contributed by atoms with Gasteiger partial charge in [0.2, 0.25) is 0 Å². The van der Waals surface area contributed by atoms with Crippen molar-refractivity contribution in [2.24, 2.45) is 5.92 Å². The SMILES string of the molecule is CCC[C@@H](CN(C)C)C(=O)c1cccc(OC)c1. The first kappa shape index (κ1) is 14.7. The van der Waals surface area contributed by atoms with Crippen molar-refractivity contribution in [2.45, 2.75) is 19.8 Å². The standard InChI is InChI=1S/C15H23NO2/c1-5-7-13(11-16(2)3)15(17)12-8-6-9-14(10-12)18-4/h6,8-10,13H,5,7,11H2,1-4H3/t13-/m0/s1. The molecule has 0 radical (unpaired) electrons. The van der Waals surface area contributed by atoms with E-state index in [1.54, 1.807) is 7.11 Å². The van der Waals surface area contributed by atoms with Crippen LogP contribution in [0.1, 0.15) is 30.1 Å².